The molecule has 22 heavy (non-hydrogen) atoms. The zero-order valence-corrected chi connectivity index (χ0v) is 14.1. The number of hydrogen-bond acceptors (Lipinski definition) is 1. The molecule has 1 heterocycles. The van der Waals surface area contributed by atoms with E-state index in [-0.39, 0.29) is 5.91 Å². The van der Waals surface area contributed by atoms with E-state index in [0.29, 0.717) is 6.04 Å². The lowest BCUT2D eigenvalue weighted by Crippen LogP contribution is -2.48. The van der Waals surface area contributed by atoms with Gasteiger partial charge in [0.15, 0.2) is 0 Å². The molecule has 120 valence electrons. The van der Waals surface area contributed by atoms with Crippen LogP contribution in [0.2, 0.25) is 0 Å². The van der Waals surface area contributed by atoms with Crippen molar-refractivity contribution in [1.29, 1.82) is 0 Å². The van der Waals surface area contributed by atoms with Gasteiger partial charge in [0.05, 0.1) is 0 Å². The molecule has 1 aromatic carbocycles. The molecule has 2 nitrogen and oxygen atoms in total. The van der Waals surface area contributed by atoms with E-state index in [1.165, 1.54) is 51.4 Å². The predicted octanol–water partition coefficient (Wildman–Crippen LogP) is 4.88. The molecule has 1 saturated carbocycles. The van der Waals surface area contributed by atoms with E-state index in [2.05, 4.69) is 36.9 Å². The molecule has 0 N–H and O–H groups in total. The van der Waals surface area contributed by atoms with Crippen LogP contribution in [-0.2, 0) is 0 Å². The fourth-order valence-electron chi connectivity index (χ4n) is 4.51. The highest BCUT2D eigenvalue weighted by atomic mass is 16.2. The number of likely N-dealkylation sites (tertiary alicyclic amines) is 1. The number of piperidine rings is 1. The number of hydrogen-bond donors (Lipinski definition) is 0. The number of nitrogens with zero attached hydrogens (tertiary/aromatic N) is 1. The van der Waals surface area contributed by atoms with Crippen molar-refractivity contribution in [2.24, 2.45) is 5.92 Å². The Hall–Kier alpha value is -1.31. The van der Waals surface area contributed by atoms with Crippen LogP contribution in [0, 0.1) is 19.8 Å². The topological polar surface area (TPSA) is 20.3 Å². The van der Waals surface area contributed by atoms with Gasteiger partial charge in [-0.1, -0.05) is 37.5 Å². The lowest BCUT2D eigenvalue weighted by atomic mass is 9.79. The minimum absolute atomic E-state index is 0.283. The maximum Gasteiger partial charge on any atom is 0.254 e. The summed E-state index contributed by atoms with van der Waals surface area (Å²) in [6.07, 6.45) is 10.4. The number of rotatable bonds is 2. The lowest BCUT2D eigenvalue weighted by molar-refractivity contribution is 0.0465. The maximum absolute atomic E-state index is 13.2. The summed E-state index contributed by atoms with van der Waals surface area (Å²) in [5.74, 6) is 1.02. The molecule has 0 unspecified atom stereocenters. The summed E-state index contributed by atoms with van der Waals surface area (Å²) in [7, 11) is 0. The third-order valence-electron chi connectivity index (χ3n) is 5.70. The highest BCUT2D eigenvalue weighted by Gasteiger charge is 2.34. The Bertz CT molecular complexity index is 510. The van der Waals surface area contributed by atoms with Crippen LogP contribution in [0.4, 0.5) is 0 Å². The molecule has 1 aliphatic carbocycles. The lowest BCUT2D eigenvalue weighted by Gasteiger charge is -2.42. The van der Waals surface area contributed by atoms with Gasteiger partial charge in [-0.05, 0) is 63.0 Å². The summed E-state index contributed by atoms with van der Waals surface area (Å²) in [4.78, 5) is 15.5. The minimum Gasteiger partial charge on any atom is -0.335 e. The molecule has 0 bridgehead atoms. The summed E-state index contributed by atoms with van der Waals surface area (Å²) in [5.41, 5.74) is 3.20. The van der Waals surface area contributed by atoms with Gasteiger partial charge in [-0.3, -0.25) is 4.79 Å². The molecule has 1 aliphatic heterocycles. The summed E-state index contributed by atoms with van der Waals surface area (Å²) < 4.78 is 0. The predicted molar refractivity (Wildman–Crippen MR) is 91.2 cm³/mol. The molecular weight excluding hydrogens is 270 g/mol. The molecule has 0 aromatic heterocycles. The molecular formula is C20H29NO. The molecule has 1 aromatic rings. The Morgan fingerprint density at radius 3 is 2.27 bits per heavy atom. The van der Waals surface area contributed by atoms with Crippen molar-refractivity contribution >= 4 is 5.91 Å². The van der Waals surface area contributed by atoms with Gasteiger partial charge < -0.3 is 4.90 Å². The Labute approximate surface area is 134 Å². The molecule has 2 aliphatic rings. The van der Waals surface area contributed by atoms with Crippen molar-refractivity contribution in [1.82, 2.24) is 4.90 Å². The second-order valence-electron chi connectivity index (χ2n) is 7.23. The van der Waals surface area contributed by atoms with Crippen molar-refractivity contribution in [2.75, 3.05) is 6.54 Å². The number of carbonyl (C=O) groups excluding carboxylic acids is 1. The van der Waals surface area contributed by atoms with Crippen molar-refractivity contribution in [3.05, 3.63) is 34.9 Å². The quantitative estimate of drug-likeness (QED) is 0.762. The summed E-state index contributed by atoms with van der Waals surface area (Å²) in [5, 5.41) is 0. The Morgan fingerprint density at radius 2 is 1.59 bits per heavy atom. The number of carbonyl (C=O) groups is 1. The molecule has 1 amide bonds. The SMILES string of the molecule is Cc1cccc(C)c1C(=O)N1CCCC[C@@H]1C1CCCCC1. The van der Waals surface area contributed by atoms with Crippen molar-refractivity contribution in [3.8, 4) is 0 Å². The smallest absolute Gasteiger partial charge is 0.254 e. The molecule has 0 radical (unpaired) electrons. The first-order valence-electron chi connectivity index (χ1n) is 9.05. The van der Waals surface area contributed by atoms with Crippen LogP contribution in [-0.4, -0.2) is 23.4 Å². The van der Waals surface area contributed by atoms with Gasteiger partial charge in [0.1, 0.15) is 0 Å². The monoisotopic (exact) mass is 299 g/mol. The third kappa shape index (κ3) is 3.06. The van der Waals surface area contributed by atoms with Crippen molar-refractivity contribution < 1.29 is 4.79 Å². The molecule has 1 atom stereocenters. The molecule has 2 heteroatoms. The fourth-order valence-corrected chi connectivity index (χ4v) is 4.51. The van der Waals surface area contributed by atoms with Crippen molar-refractivity contribution in [2.45, 2.75) is 71.3 Å². The second kappa shape index (κ2) is 6.85. The highest BCUT2D eigenvalue weighted by Crippen LogP contribution is 2.34. The van der Waals surface area contributed by atoms with Crippen LogP contribution in [0.1, 0.15) is 72.9 Å². The first-order chi connectivity index (χ1) is 10.7. The Kier molecular flexibility index (Phi) is 4.85. The first kappa shape index (κ1) is 15.6. The Balaban J connectivity index is 1.85. The molecule has 3 rings (SSSR count). The average molecular weight is 299 g/mol. The van der Waals surface area contributed by atoms with Crippen LogP contribution < -0.4 is 0 Å². The maximum atomic E-state index is 13.2. The third-order valence-corrected chi connectivity index (χ3v) is 5.70. The summed E-state index contributed by atoms with van der Waals surface area (Å²) >= 11 is 0. The molecule has 1 saturated heterocycles. The first-order valence-corrected chi connectivity index (χ1v) is 9.05. The van der Waals surface area contributed by atoms with Gasteiger partial charge in [0.25, 0.3) is 5.91 Å². The minimum atomic E-state index is 0.283. The van der Waals surface area contributed by atoms with Gasteiger partial charge in [0, 0.05) is 18.2 Å². The van der Waals surface area contributed by atoms with Gasteiger partial charge in [0.2, 0.25) is 0 Å². The van der Waals surface area contributed by atoms with E-state index in [9.17, 15) is 4.79 Å². The summed E-state index contributed by atoms with van der Waals surface area (Å²) in [6, 6.07) is 6.68. The van der Waals surface area contributed by atoms with Gasteiger partial charge >= 0.3 is 0 Å². The van der Waals surface area contributed by atoms with Crippen molar-refractivity contribution in [3.63, 3.8) is 0 Å². The zero-order chi connectivity index (χ0) is 15.5. The fraction of sp³-hybridized carbons (Fsp3) is 0.650. The second-order valence-corrected chi connectivity index (χ2v) is 7.23. The van der Waals surface area contributed by atoms with Crippen LogP contribution in [0.5, 0.6) is 0 Å². The summed E-state index contributed by atoms with van der Waals surface area (Å²) in [6.45, 7) is 5.09. The molecule has 2 fully saturated rings. The van der Waals surface area contributed by atoms with Crippen LogP contribution >= 0.6 is 0 Å². The van der Waals surface area contributed by atoms with Gasteiger partial charge in [-0.2, -0.15) is 0 Å². The highest BCUT2D eigenvalue weighted by molar-refractivity contribution is 5.97. The van der Waals surface area contributed by atoms with Crippen LogP contribution in [0.3, 0.4) is 0 Å². The normalized spacial score (nSPS) is 23.5. The average Bonchev–Trinajstić information content (AvgIpc) is 2.55. The number of aryl methyl sites for hydroxylation is 2. The Morgan fingerprint density at radius 1 is 0.955 bits per heavy atom. The zero-order valence-electron chi connectivity index (χ0n) is 14.1. The number of benzene rings is 1. The van der Waals surface area contributed by atoms with E-state index in [0.717, 1.165) is 29.2 Å². The van der Waals surface area contributed by atoms with Gasteiger partial charge in [-0.15, -0.1) is 0 Å². The van der Waals surface area contributed by atoms with Crippen LogP contribution in [0.15, 0.2) is 18.2 Å². The van der Waals surface area contributed by atoms with E-state index >= 15 is 0 Å². The largest absolute Gasteiger partial charge is 0.335 e. The van der Waals surface area contributed by atoms with Crippen LogP contribution in [0.25, 0.3) is 0 Å². The molecule has 0 spiro atoms. The van der Waals surface area contributed by atoms with E-state index in [1.807, 2.05) is 0 Å². The van der Waals surface area contributed by atoms with Gasteiger partial charge in [-0.25, -0.2) is 0 Å². The van der Waals surface area contributed by atoms with E-state index in [1.54, 1.807) is 0 Å². The van der Waals surface area contributed by atoms with E-state index in [4.69, 9.17) is 0 Å². The number of amides is 1. The standard InChI is InChI=1S/C20H29NO/c1-15-9-8-10-16(2)19(15)20(22)21-14-7-6-13-18(21)17-11-4-3-5-12-17/h8-10,17-18H,3-7,11-14H2,1-2H3/t18-/m1/s1. The van der Waals surface area contributed by atoms with E-state index < -0.39 is 0 Å².